The van der Waals surface area contributed by atoms with Gasteiger partial charge in [0.1, 0.15) is 24.4 Å². The summed E-state index contributed by atoms with van der Waals surface area (Å²) in [6, 6.07) is -0.435. The Hall–Kier alpha value is -0.730. The second-order valence-corrected chi connectivity index (χ2v) is 4.58. The molecule has 0 aromatic rings. The van der Waals surface area contributed by atoms with Crippen LogP contribution in [-0.2, 0) is 28.5 Å². The first kappa shape index (κ1) is 17.3. The molecule has 0 aliphatic carbocycles. The molecule has 1 saturated heterocycles. The molecule has 1 N–H and O–H groups in total. The highest BCUT2D eigenvalue weighted by atomic mass is 16.7. The highest BCUT2D eigenvalue weighted by molar-refractivity contribution is 5.73. The number of rotatable bonds is 7. The van der Waals surface area contributed by atoms with Crippen LogP contribution >= 0.6 is 0 Å². The van der Waals surface area contributed by atoms with E-state index in [1.54, 1.807) is 21.3 Å². The third kappa shape index (κ3) is 4.13. The first-order valence-corrected chi connectivity index (χ1v) is 6.67. The molecule has 0 radical (unpaired) electrons. The van der Waals surface area contributed by atoms with Crippen molar-refractivity contribution in [2.75, 3.05) is 34.5 Å². The van der Waals surface area contributed by atoms with E-state index in [1.165, 1.54) is 6.92 Å². The maximum absolute atomic E-state index is 11.4. The largest absolute Gasteiger partial charge is 0.382 e. The monoisotopic (exact) mass is 291 g/mol. The van der Waals surface area contributed by atoms with Crippen LogP contribution in [0, 0.1) is 0 Å². The van der Waals surface area contributed by atoms with Gasteiger partial charge in [0.25, 0.3) is 0 Å². The molecule has 0 spiro atoms. The molecule has 1 heterocycles. The third-order valence-electron chi connectivity index (χ3n) is 3.22. The number of amides is 1. The number of nitrogens with one attached hydrogen (secondary N) is 1. The predicted molar refractivity (Wildman–Crippen MR) is 71.4 cm³/mol. The molecule has 0 saturated carbocycles. The summed E-state index contributed by atoms with van der Waals surface area (Å²) in [5.41, 5.74) is 0. The Bertz CT molecular complexity index is 301. The smallest absolute Gasteiger partial charge is 0.217 e. The fourth-order valence-electron chi connectivity index (χ4n) is 2.46. The lowest BCUT2D eigenvalue weighted by atomic mass is 9.96. The first-order chi connectivity index (χ1) is 9.58. The van der Waals surface area contributed by atoms with Gasteiger partial charge in [-0.05, 0) is 6.92 Å². The molecule has 7 heteroatoms. The molecule has 20 heavy (non-hydrogen) atoms. The first-order valence-electron chi connectivity index (χ1n) is 6.67. The highest BCUT2D eigenvalue weighted by Crippen LogP contribution is 2.26. The van der Waals surface area contributed by atoms with E-state index in [4.69, 9.17) is 23.7 Å². The van der Waals surface area contributed by atoms with Crippen molar-refractivity contribution in [1.29, 1.82) is 0 Å². The summed E-state index contributed by atoms with van der Waals surface area (Å²) >= 11 is 0. The van der Waals surface area contributed by atoms with Gasteiger partial charge in [0.2, 0.25) is 5.91 Å². The van der Waals surface area contributed by atoms with Gasteiger partial charge >= 0.3 is 0 Å². The van der Waals surface area contributed by atoms with Crippen LogP contribution in [0.2, 0.25) is 0 Å². The summed E-state index contributed by atoms with van der Waals surface area (Å²) in [5, 5.41) is 2.81. The van der Waals surface area contributed by atoms with Crippen LogP contribution in [0.5, 0.6) is 0 Å². The number of carbonyl (C=O) groups is 1. The zero-order valence-electron chi connectivity index (χ0n) is 12.8. The molecular weight excluding hydrogens is 266 g/mol. The van der Waals surface area contributed by atoms with Crippen LogP contribution in [0.4, 0.5) is 0 Å². The zero-order valence-corrected chi connectivity index (χ0v) is 12.8. The molecule has 1 aliphatic rings. The molecule has 1 aliphatic heterocycles. The molecule has 7 nitrogen and oxygen atoms in total. The Morgan fingerprint density at radius 1 is 1.20 bits per heavy atom. The van der Waals surface area contributed by atoms with Crippen molar-refractivity contribution in [2.45, 2.75) is 44.5 Å². The van der Waals surface area contributed by atoms with E-state index in [0.29, 0.717) is 13.2 Å². The Balaban J connectivity index is 2.95. The average molecular weight is 291 g/mol. The van der Waals surface area contributed by atoms with Gasteiger partial charge in [-0.3, -0.25) is 4.79 Å². The second kappa shape index (κ2) is 8.53. The van der Waals surface area contributed by atoms with Gasteiger partial charge in [-0.15, -0.1) is 0 Å². The van der Waals surface area contributed by atoms with Gasteiger partial charge in [0.15, 0.2) is 6.29 Å². The van der Waals surface area contributed by atoms with Crippen molar-refractivity contribution in [3.63, 3.8) is 0 Å². The lowest BCUT2D eigenvalue weighted by molar-refractivity contribution is -0.278. The topological polar surface area (TPSA) is 75.2 Å². The molecule has 1 fully saturated rings. The van der Waals surface area contributed by atoms with Gasteiger partial charge in [-0.25, -0.2) is 0 Å². The number of hydrogen-bond acceptors (Lipinski definition) is 6. The minimum Gasteiger partial charge on any atom is -0.382 e. The molecule has 118 valence electrons. The molecule has 0 unspecified atom stereocenters. The van der Waals surface area contributed by atoms with Gasteiger partial charge in [-0.1, -0.05) is 0 Å². The number of methoxy groups -OCH3 is 3. The summed E-state index contributed by atoms with van der Waals surface area (Å²) < 4.78 is 27.5. The molecule has 0 aromatic heterocycles. The summed E-state index contributed by atoms with van der Waals surface area (Å²) in [4.78, 5) is 11.4. The molecular formula is C13H25NO6. The van der Waals surface area contributed by atoms with Gasteiger partial charge in [-0.2, -0.15) is 0 Å². The fraction of sp³-hybridized carbons (Fsp3) is 0.923. The minimum atomic E-state index is -0.597. The Morgan fingerprint density at radius 3 is 2.30 bits per heavy atom. The summed E-state index contributed by atoms with van der Waals surface area (Å²) in [6.07, 6.45) is -1.65. The van der Waals surface area contributed by atoms with E-state index in [2.05, 4.69) is 5.32 Å². The molecule has 1 rings (SSSR count). The molecule has 0 aromatic carbocycles. The van der Waals surface area contributed by atoms with Crippen molar-refractivity contribution in [1.82, 2.24) is 5.32 Å². The predicted octanol–water partition coefficient (Wildman–Crippen LogP) is -0.0711. The van der Waals surface area contributed by atoms with E-state index in [1.807, 2.05) is 6.92 Å². The van der Waals surface area contributed by atoms with Crippen molar-refractivity contribution in [2.24, 2.45) is 0 Å². The van der Waals surface area contributed by atoms with E-state index < -0.39 is 12.3 Å². The fourth-order valence-corrected chi connectivity index (χ4v) is 2.46. The van der Waals surface area contributed by atoms with Crippen LogP contribution < -0.4 is 5.32 Å². The van der Waals surface area contributed by atoms with E-state index in [-0.39, 0.29) is 24.2 Å². The van der Waals surface area contributed by atoms with Gasteiger partial charge in [0.05, 0.1) is 6.61 Å². The zero-order chi connectivity index (χ0) is 15.1. The van der Waals surface area contributed by atoms with Gasteiger partial charge < -0.3 is 29.0 Å². The number of ether oxygens (including phenoxy) is 5. The lowest BCUT2D eigenvalue weighted by Crippen LogP contribution is -2.65. The van der Waals surface area contributed by atoms with Crippen LogP contribution in [-0.4, -0.2) is 71.1 Å². The van der Waals surface area contributed by atoms with Crippen molar-refractivity contribution < 1.29 is 28.5 Å². The van der Waals surface area contributed by atoms with Gasteiger partial charge in [0, 0.05) is 34.9 Å². The lowest BCUT2D eigenvalue weighted by Gasteiger charge is -2.45. The maximum Gasteiger partial charge on any atom is 0.217 e. The van der Waals surface area contributed by atoms with Crippen LogP contribution in [0.25, 0.3) is 0 Å². The second-order valence-electron chi connectivity index (χ2n) is 4.58. The van der Waals surface area contributed by atoms with E-state index in [9.17, 15) is 4.79 Å². The molecule has 1 amide bonds. The standard InChI is InChI=1S/C13H25NO6/c1-6-19-13-10(14-8(2)15)12(18-5)11(17-4)9(20-13)7-16-3/h9-13H,6-7H2,1-5H3,(H,14,15)/t9-,10-,11+,12-,13-/m1/s1. The van der Waals surface area contributed by atoms with Crippen molar-refractivity contribution >= 4 is 5.91 Å². The normalized spacial score (nSPS) is 34.0. The van der Waals surface area contributed by atoms with E-state index in [0.717, 1.165) is 0 Å². The third-order valence-corrected chi connectivity index (χ3v) is 3.22. The summed E-state index contributed by atoms with van der Waals surface area (Å²) in [5.74, 6) is -0.176. The number of carbonyl (C=O) groups excluding carboxylic acids is 1. The maximum atomic E-state index is 11.4. The van der Waals surface area contributed by atoms with Crippen molar-refractivity contribution in [3.8, 4) is 0 Å². The quantitative estimate of drug-likeness (QED) is 0.707. The average Bonchev–Trinajstić information content (AvgIpc) is 2.41. The SMILES string of the molecule is CCO[C@@H]1O[C@H](COC)[C@H](OC)[C@H](OC)[C@H]1NC(C)=O. The Morgan fingerprint density at radius 2 is 1.85 bits per heavy atom. The van der Waals surface area contributed by atoms with Crippen LogP contribution in [0.3, 0.4) is 0 Å². The summed E-state index contributed by atoms with van der Waals surface area (Å²) in [6.45, 7) is 4.13. The Kier molecular flexibility index (Phi) is 7.39. The highest BCUT2D eigenvalue weighted by Gasteiger charge is 2.47. The number of hydrogen-bond donors (Lipinski definition) is 1. The van der Waals surface area contributed by atoms with E-state index >= 15 is 0 Å². The Labute approximate surface area is 119 Å². The molecule has 0 bridgehead atoms. The molecule has 5 atom stereocenters. The van der Waals surface area contributed by atoms with Crippen LogP contribution in [0.15, 0.2) is 0 Å². The minimum absolute atomic E-state index is 0.176. The summed E-state index contributed by atoms with van der Waals surface area (Å²) in [7, 11) is 4.74. The van der Waals surface area contributed by atoms with Crippen LogP contribution in [0.1, 0.15) is 13.8 Å². The van der Waals surface area contributed by atoms with Crippen molar-refractivity contribution in [3.05, 3.63) is 0 Å².